The van der Waals surface area contributed by atoms with Crippen molar-refractivity contribution in [1.82, 2.24) is 0 Å². The van der Waals surface area contributed by atoms with Crippen molar-refractivity contribution in [2.24, 2.45) is 23.7 Å². The molecule has 0 bridgehead atoms. The van der Waals surface area contributed by atoms with Crippen LogP contribution in [-0.4, -0.2) is 0 Å². The largest absolute Gasteiger partial charge is 0.206 e. The zero-order valence-electron chi connectivity index (χ0n) is 17.5. The van der Waals surface area contributed by atoms with Crippen LogP contribution in [-0.2, 0) is 0 Å². The smallest absolute Gasteiger partial charge is 0.141 e. The fourth-order valence-electron chi connectivity index (χ4n) is 5.58. The molecule has 28 heavy (non-hydrogen) atoms. The summed E-state index contributed by atoms with van der Waals surface area (Å²) in [5.74, 6) is 3.48. The summed E-state index contributed by atoms with van der Waals surface area (Å²) in [4.78, 5) is 0. The van der Waals surface area contributed by atoms with Crippen LogP contribution >= 0.6 is 0 Å². The Kier molecular flexibility index (Phi) is 8.13. The van der Waals surface area contributed by atoms with Gasteiger partial charge in [0.05, 0.1) is 5.56 Å². The quantitative estimate of drug-likeness (QED) is 0.471. The zero-order valence-corrected chi connectivity index (χ0v) is 17.5. The Bertz CT molecular complexity index is 670. The molecule has 2 heteroatoms. The summed E-state index contributed by atoms with van der Waals surface area (Å²) in [6, 6.07) is 6.70. The first-order valence-corrected chi connectivity index (χ1v) is 11.6. The van der Waals surface area contributed by atoms with Gasteiger partial charge in [0.1, 0.15) is 11.9 Å². The second kappa shape index (κ2) is 10.8. The molecule has 0 atom stereocenters. The van der Waals surface area contributed by atoms with E-state index in [1.807, 2.05) is 18.2 Å². The van der Waals surface area contributed by atoms with Crippen LogP contribution in [0.25, 0.3) is 6.08 Å². The topological polar surface area (TPSA) is 23.8 Å². The molecule has 0 saturated heterocycles. The lowest BCUT2D eigenvalue weighted by molar-refractivity contribution is 0.141. The minimum absolute atomic E-state index is 0.118. The van der Waals surface area contributed by atoms with Gasteiger partial charge in [-0.05, 0) is 79.9 Å². The fraction of sp³-hybridized carbons (Fsp3) is 0.654. The van der Waals surface area contributed by atoms with Gasteiger partial charge in [-0.3, -0.25) is 0 Å². The first-order valence-electron chi connectivity index (χ1n) is 11.6. The van der Waals surface area contributed by atoms with Crippen LogP contribution in [0, 0.1) is 40.8 Å². The summed E-state index contributed by atoms with van der Waals surface area (Å²) in [7, 11) is 0. The van der Waals surface area contributed by atoms with Gasteiger partial charge in [-0.2, -0.15) is 5.26 Å². The SMILES string of the molecule is CCCC1CCC(C2CCC(CCC=Cc3ccc(C#N)c(F)c3)CC2)CC1. The molecular formula is C26H36FN. The normalized spacial score (nSPS) is 28.3. The van der Waals surface area contributed by atoms with E-state index in [1.165, 1.54) is 76.7 Å². The Morgan fingerprint density at radius 2 is 1.57 bits per heavy atom. The molecule has 2 fully saturated rings. The predicted octanol–water partition coefficient (Wildman–Crippen LogP) is 7.90. The van der Waals surface area contributed by atoms with E-state index in [9.17, 15) is 4.39 Å². The van der Waals surface area contributed by atoms with Crippen LogP contribution in [0.2, 0.25) is 0 Å². The third-order valence-electron chi connectivity index (χ3n) is 7.31. The lowest BCUT2D eigenvalue weighted by atomic mass is 9.68. The molecule has 1 nitrogen and oxygen atoms in total. The molecule has 0 aliphatic heterocycles. The molecule has 0 radical (unpaired) electrons. The van der Waals surface area contributed by atoms with E-state index in [0.29, 0.717) is 0 Å². The lowest BCUT2D eigenvalue weighted by Crippen LogP contribution is -2.25. The van der Waals surface area contributed by atoms with Crippen molar-refractivity contribution in [3.63, 3.8) is 0 Å². The van der Waals surface area contributed by atoms with Gasteiger partial charge in [0.15, 0.2) is 0 Å². The highest BCUT2D eigenvalue weighted by atomic mass is 19.1. The number of allylic oxidation sites excluding steroid dienone is 1. The molecule has 152 valence electrons. The molecule has 1 aromatic rings. The van der Waals surface area contributed by atoms with E-state index in [4.69, 9.17) is 5.26 Å². The lowest BCUT2D eigenvalue weighted by Gasteiger charge is -2.38. The number of rotatable bonds is 7. The van der Waals surface area contributed by atoms with Crippen LogP contribution in [0.5, 0.6) is 0 Å². The Morgan fingerprint density at radius 3 is 2.11 bits per heavy atom. The molecular weight excluding hydrogens is 345 g/mol. The molecule has 2 saturated carbocycles. The van der Waals surface area contributed by atoms with Crippen LogP contribution < -0.4 is 0 Å². The van der Waals surface area contributed by atoms with Crippen molar-refractivity contribution in [3.05, 3.63) is 41.2 Å². The van der Waals surface area contributed by atoms with Crippen LogP contribution in [0.4, 0.5) is 4.39 Å². The molecule has 0 amide bonds. The second-order valence-electron chi connectivity index (χ2n) is 9.18. The summed E-state index contributed by atoms with van der Waals surface area (Å²) in [6.45, 7) is 2.32. The maximum atomic E-state index is 13.6. The summed E-state index contributed by atoms with van der Waals surface area (Å²) in [5, 5.41) is 8.79. The highest BCUT2D eigenvalue weighted by Crippen LogP contribution is 2.42. The van der Waals surface area contributed by atoms with Crippen LogP contribution in [0.1, 0.15) is 95.1 Å². The van der Waals surface area contributed by atoms with E-state index >= 15 is 0 Å². The Hall–Kier alpha value is -1.62. The Labute approximate surface area is 171 Å². The minimum atomic E-state index is -0.424. The maximum Gasteiger partial charge on any atom is 0.141 e. The minimum Gasteiger partial charge on any atom is -0.206 e. The van der Waals surface area contributed by atoms with Gasteiger partial charge in [-0.15, -0.1) is 0 Å². The van der Waals surface area contributed by atoms with Crippen molar-refractivity contribution in [1.29, 1.82) is 5.26 Å². The van der Waals surface area contributed by atoms with Gasteiger partial charge in [0.2, 0.25) is 0 Å². The van der Waals surface area contributed by atoms with E-state index in [-0.39, 0.29) is 5.56 Å². The molecule has 0 N–H and O–H groups in total. The maximum absolute atomic E-state index is 13.6. The van der Waals surface area contributed by atoms with Gasteiger partial charge in [0, 0.05) is 0 Å². The number of benzene rings is 1. The van der Waals surface area contributed by atoms with Gasteiger partial charge >= 0.3 is 0 Å². The van der Waals surface area contributed by atoms with E-state index < -0.39 is 5.82 Å². The summed E-state index contributed by atoms with van der Waals surface area (Å²) in [6.07, 6.45) is 20.9. The summed E-state index contributed by atoms with van der Waals surface area (Å²) >= 11 is 0. The highest BCUT2D eigenvalue weighted by Gasteiger charge is 2.30. The van der Waals surface area contributed by atoms with Crippen molar-refractivity contribution in [3.8, 4) is 6.07 Å². The van der Waals surface area contributed by atoms with Crippen molar-refractivity contribution < 1.29 is 4.39 Å². The molecule has 2 aliphatic carbocycles. The second-order valence-corrected chi connectivity index (χ2v) is 9.18. The van der Waals surface area contributed by atoms with Gasteiger partial charge in [0.25, 0.3) is 0 Å². The number of halogens is 1. The molecule has 0 unspecified atom stereocenters. The van der Waals surface area contributed by atoms with Crippen LogP contribution in [0.15, 0.2) is 24.3 Å². The first-order chi connectivity index (χ1) is 13.7. The van der Waals surface area contributed by atoms with Gasteiger partial charge < -0.3 is 0 Å². The standard InChI is InChI=1S/C26H36FN/c1-2-5-20-8-13-23(14-9-20)24-15-10-21(11-16-24)6-3-4-7-22-12-17-25(19-28)26(27)18-22/h4,7,12,17-18,20-21,23-24H,2-3,5-6,8-11,13-16H2,1H3. The molecule has 0 aromatic heterocycles. The molecule has 1 aromatic carbocycles. The fourth-order valence-corrected chi connectivity index (χ4v) is 5.58. The van der Waals surface area contributed by atoms with Crippen molar-refractivity contribution in [2.45, 2.75) is 84.0 Å². The summed E-state index contributed by atoms with van der Waals surface area (Å²) < 4.78 is 13.6. The van der Waals surface area contributed by atoms with Crippen molar-refractivity contribution >= 4 is 6.08 Å². The monoisotopic (exact) mass is 381 g/mol. The molecule has 2 aliphatic rings. The van der Waals surface area contributed by atoms with Crippen molar-refractivity contribution in [2.75, 3.05) is 0 Å². The zero-order chi connectivity index (χ0) is 19.8. The number of nitrogens with zero attached hydrogens (tertiary/aromatic N) is 1. The number of hydrogen-bond donors (Lipinski definition) is 0. The Balaban J connectivity index is 1.35. The highest BCUT2D eigenvalue weighted by molar-refractivity contribution is 5.51. The molecule has 3 rings (SSSR count). The van der Waals surface area contributed by atoms with E-state index in [2.05, 4.69) is 13.0 Å². The Morgan fingerprint density at radius 1 is 0.964 bits per heavy atom. The van der Waals surface area contributed by atoms with Gasteiger partial charge in [-0.1, -0.05) is 63.7 Å². The van der Waals surface area contributed by atoms with E-state index in [0.717, 1.165) is 35.7 Å². The molecule has 0 spiro atoms. The molecule has 0 heterocycles. The average Bonchev–Trinajstić information content (AvgIpc) is 2.73. The number of nitriles is 1. The first kappa shape index (κ1) is 21.1. The van der Waals surface area contributed by atoms with Gasteiger partial charge in [-0.25, -0.2) is 4.39 Å². The predicted molar refractivity (Wildman–Crippen MR) is 115 cm³/mol. The third-order valence-corrected chi connectivity index (χ3v) is 7.31. The summed E-state index contributed by atoms with van der Waals surface area (Å²) in [5.41, 5.74) is 0.964. The average molecular weight is 382 g/mol. The third kappa shape index (κ3) is 5.94. The van der Waals surface area contributed by atoms with E-state index in [1.54, 1.807) is 6.07 Å². The van der Waals surface area contributed by atoms with Crippen LogP contribution in [0.3, 0.4) is 0 Å². The number of hydrogen-bond acceptors (Lipinski definition) is 1.